The van der Waals surface area contributed by atoms with Gasteiger partial charge in [-0.25, -0.2) is 4.39 Å². The van der Waals surface area contributed by atoms with E-state index in [1.807, 2.05) is 24.4 Å². The topological polar surface area (TPSA) is 41.1 Å². The summed E-state index contributed by atoms with van der Waals surface area (Å²) in [5.74, 6) is -0.582. The molecule has 0 aliphatic heterocycles. The number of anilines is 1. The van der Waals surface area contributed by atoms with Crippen LogP contribution in [0.2, 0.25) is 0 Å². The van der Waals surface area contributed by atoms with Gasteiger partial charge in [0.2, 0.25) is 5.91 Å². The predicted molar refractivity (Wildman–Crippen MR) is 100 cm³/mol. The molecule has 3 aromatic rings. The van der Waals surface area contributed by atoms with E-state index in [0.29, 0.717) is 5.69 Å². The van der Waals surface area contributed by atoms with Gasteiger partial charge in [-0.3, -0.25) is 10.1 Å². The SMILES string of the molecule is Cc1ccc([C@@H](NCC(=O)Nc2cccc(F)c2)c2cccs2)cc1. The molecule has 0 aliphatic carbocycles. The maximum Gasteiger partial charge on any atom is 0.238 e. The van der Waals surface area contributed by atoms with Crippen LogP contribution in [-0.4, -0.2) is 12.5 Å². The Labute approximate surface area is 150 Å². The second-order valence-corrected chi connectivity index (χ2v) is 6.78. The summed E-state index contributed by atoms with van der Waals surface area (Å²) in [5, 5.41) is 8.02. The van der Waals surface area contributed by atoms with Crippen molar-refractivity contribution in [2.24, 2.45) is 0 Å². The van der Waals surface area contributed by atoms with Gasteiger partial charge in [0.1, 0.15) is 5.82 Å². The summed E-state index contributed by atoms with van der Waals surface area (Å²) in [7, 11) is 0. The number of carbonyl (C=O) groups is 1. The number of nitrogens with one attached hydrogen (secondary N) is 2. The molecule has 2 aromatic carbocycles. The summed E-state index contributed by atoms with van der Waals surface area (Å²) in [5.41, 5.74) is 2.75. The molecular formula is C20H19FN2OS. The van der Waals surface area contributed by atoms with Crippen molar-refractivity contribution in [3.63, 3.8) is 0 Å². The van der Waals surface area contributed by atoms with E-state index in [9.17, 15) is 9.18 Å². The van der Waals surface area contributed by atoms with E-state index in [4.69, 9.17) is 0 Å². The van der Waals surface area contributed by atoms with E-state index in [2.05, 4.69) is 34.9 Å². The lowest BCUT2D eigenvalue weighted by atomic mass is 10.0. The third kappa shape index (κ3) is 4.75. The van der Waals surface area contributed by atoms with E-state index >= 15 is 0 Å². The Morgan fingerprint density at radius 1 is 1.12 bits per heavy atom. The zero-order chi connectivity index (χ0) is 17.6. The van der Waals surface area contributed by atoms with Crippen LogP contribution in [0.3, 0.4) is 0 Å². The molecule has 5 heteroatoms. The number of aryl methyl sites for hydroxylation is 1. The zero-order valence-electron chi connectivity index (χ0n) is 13.8. The average molecular weight is 354 g/mol. The molecule has 1 atom stereocenters. The second-order valence-electron chi connectivity index (χ2n) is 5.80. The van der Waals surface area contributed by atoms with Gasteiger partial charge in [0, 0.05) is 10.6 Å². The Hall–Kier alpha value is -2.50. The van der Waals surface area contributed by atoms with Crippen molar-refractivity contribution in [2.75, 3.05) is 11.9 Å². The Morgan fingerprint density at radius 3 is 2.60 bits per heavy atom. The van der Waals surface area contributed by atoms with Gasteiger partial charge in [-0.05, 0) is 42.1 Å². The number of benzene rings is 2. The van der Waals surface area contributed by atoms with Crippen LogP contribution in [0.5, 0.6) is 0 Å². The van der Waals surface area contributed by atoms with Crippen LogP contribution < -0.4 is 10.6 Å². The number of thiophene rings is 1. The monoisotopic (exact) mass is 354 g/mol. The highest BCUT2D eigenvalue weighted by molar-refractivity contribution is 7.10. The number of hydrogen-bond donors (Lipinski definition) is 2. The van der Waals surface area contributed by atoms with Gasteiger partial charge >= 0.3 is 0 Å². The van der Waals surface area contributed by atoms with Crippen molar-refractivity contribution >= 4 is 22.9 Å². The molecule has 0 aliphatic rings. The van der Waals surface area contributed by atoms with Crippen LogP contribution in [0.1, 0.15) is 22.0 Å². The lowest BCUT2D eigenvalue weighted by Gasteiger charge is -2.18. The molecule has 1 aromatic heterocycles. The second kappa shape index (κ2) is 8.05. The molecule has 0 spiro atoms. The number of rotatable bonds is 6. The fourth-order valence-corrected chi connectivity index (χ4v) is 3.39. The van der Waals surface area contributed by atoms with E-state index in [1.54, 1.807) is 23.5 Å². The maximum atomic E-state index is 13.2. The number of amides is 1. The largest absolute Gasteiger partial charge is 0.325 e. The molecule has 1 amide bonds. The van der Waals surface area contributed by atoms with Crippen molar-refractivity contribution in [1.29, 1.82) is 0 Å². The van der Waals surface area contributed by atoms with E-state index in [0.717, 1.165) is 10.4 Å². The first-order chi connectivity index (χ1) is 12.1. The number of hydrogen-bond acceptors (Lipinski definition) is 3. The highest BCUT2D eigenvalue weighted by Gasteiger charge is 2.16. The van der Waals surface area contributed by atoms with Crippen molar-refractivity contribution < 1.29 is 9.18 Å². The van der Waals surface area contributed by atoms with Crippen LogP contribution >= 0.6 is 11.3 Å². The Kier molecular flexibility index (Phi) is 5.58. The summed E-state index contributed by atoms with van der Waals surface area (Å²) in [4.78, 5) is 13.3. The van der Waals surface area contributed by atoms with Gasteiger partial charge in [-0.1, -0.05) is 42.0 Å². The average Bonchev–Trinajstić information content (AvgIpc) is 3.11. The van der Waals surface area contributed by atoms with Gasteiger partial charge in [-0.2, -0.15) is 0 Å². The minimum atomic E-state index is -0.373. The molecule has 0 saturated carbocycles. The third-order valence-corrected chi connectivity index (χ3v) is 4.75. The summed E-state index contributed by atoms with van der Waals surface area (Å²) in [6.45, 7) is 2.18. The molecule has 25 heavy (non-hydrogen) atoms. The van der Waals surface area contributed by atoms with E-state index in [-0.39, 0.29) is 24.3 Å². The third-order valence-electron chi connectivity index (χ3n) is 3.81. The number of halogens is 1. The van der Waals surface area contributed by atoms with Crippen LogP contribution in [0.25, 0.3) is 0 Å². The van der Waals surface area contributed by atoms with Crippen LogP contribution in [0, 0.1) is 12.7 Å². The van der Waals surface area contributed by atoms with Crippen molar-refractivity contribution in [3.05, 3.63) is 87.9 Å². The van der Waals surface area contributed by atoms with Crippen molar-refractivity contribution in [3.8, 4) is 0 Å². The van der Waals surface area contributed by atoms with E-state index in [1.165, 1.54) is 17.7 Å². The smallest absolute Gasteiger partial charge is 0.238 e. The quantitative estimate of drug-likeness (QED) is 0.684. The van der Waals surface area contributed by atoms with Crippen molar-refractivity contribution in [2.45, 2.75) is 13.0 Å². The minimum absolute atomic E-state index is 0.0566. The van der Waals surface area contributed by atoms with Crippen LogP contribution in [-0.2, 0) is 4.79 Å². The molecule has 128 valence electrons. The Morgan fingerprint density at radius 2 is 1.92 bits per heavy atom. The van der Waals surface area contributed by atoms with Gasteiger partial charge in [0.15, 0.2) is 0 Å². The van der Waals surface area contributed by atoms with Gasteiger partial charge in [0.05, 0.1) is 12.6 Å². The normalized spacial score (nSPS) is 11.9. The summed E-state index contributed by atoms with van der Waals surface area (Å²) >= 11 is 1.64. The van der Waals surface area contributed by atoms with Gasteiger partial charge in [-0.15, -0.1) is 11.3 Å². The first kappa shape index (κ1) is 17.3. The molecule has 0 fully saturated rings. The Bertz CT molecular complexity index is 831. The summed E-state index contributed by atoms with van der Waals surface area (Å²) in [6, 6.07) is 18.1. The molecule has 0 bridgehead atoms. The zero-order valence-corrected chi connectivity index (χ0v) is 14.6. The summed E-state index contributed by atoms with van der Waals surface area (Å²) < 4.78 is 13.2. The molecular weight excluding hydrogens is 335 g/mol. The highest BCUT2D eigenvalue weighted by atomic mass is 32.1. The fourth-order valence-electron chi connectivity index (χ4n) is 2.56. The molecule has 0 saturated heterocycles. The molecule has 3 nitrogen and oxygen atoms in total. The van der Waals surface area contributed by atoms with E-state index < -0.39 is 0 Å². The fraction of sp³-hybridized carbons (Fsp3) is 0.150. The predicted octanol–water partition coefficient (Wildman–Crippen LogP) is 4.51. The summed E-state index contributed by atoms with van der Waals surface area (Å²) in [6.07, 6.45) is 0. The first-order valence-corrected chi connectivity index (χ1v) is 8.88. The minimum Gasteiger partial charge on any atom is -0.325 e. The highest BCUT2D eigenvalue weighted by Crippen LogP contribution is 2.26. The maximum absolute atomic E-state index is 13.2. The molecule has 0 unspecified atom stereocenters. The van der Waals surface area contributed by atoms with Gasteiger partial charge < -0.3 is 5.32 Å². The molecule has 2 N–H and O–H groups in total. The van der Waals surface area contributed by atoms with Crippen LogP contribution in [0.4, 0.5) is 10.1 Å². The molecule has 3 rings (SSSR count). The lowest BCUT2D eigenvalue weighted by molar-refractivity contribution is -0.115. The number of carbonyl (C=O) groups excluding carboxylic acids is 1. The molecule has 1 heterocycles. The standard InChI is InChI=1S/C20H19FN2OS/c1-14-7-9-15(10-8-14)20(18-6-3-11-25-18)22-13-19(24)23-17-5-2-4-16(21)12-17/h2-12,20,22H,13H2,1H3,(H,23,24)/t20-/m1/s1. The first-order valence-electron chi connectivity index (χ1n) is 8.00. The lowest BCUT2D eigenvalue weighted by Crippen LogP contribution is -2.31. The Balaban J connectivity index is 1.68. The van der Waals surface area contributed by atoms with Crippen LogP contribution in [0.15, 0.2) is 66.0 Å². The molecule has 0 radical (unpaired) electrons. The van der Waals surface area contributed by atoms with Crippen molar-refractivity contribution in [1.82, 2.24) is 5.32 Å². The van der Waals surface area contributed by atoms with Gasteiger partial charge in [0.25, 0.3) is 0 Å².